The number of aliphatic hydroxyl groups is 1. The number of aliphatic hydroxyl groups excluding tert-OH is 1. The maximum absolute atomic E-state index is 9.30. The molecule has 0 bridgehead atoms. The van der Waals surface area contributed by atoms with Crippen molar-refractivity contribution < 1.29 is 9.84 Å². The van der Waals surface area contributed by atoms with E-state index in [2.05, 4.69) is 91.9 Å². The van der Waals surface area contributed by atoms with Crippen LogP contribution >= 0.6 is 0 Å². The van der Waals surface area contributed by atoms with Crippen LogP contribution in [0.15, 0.2) is 103 Å². The van der Waals surface area contributed by atoms with Crippen molar-refractivity contribution in [2.45, 2.75) is 12.8 Å². The van der Waals surface area contributed by atoms with Gasteiger partial charge in [-0.2, -0.15) is 0 Å². The normalized spacial score (nSPS) is 10.9. The zero-order valence-corrected chi connectivity index (χ0v) is 17.2. The van der Waals surface area contributed by atoms with E-state index in [-0.39, 0.29) is 19.1 Å². The van der Waals surface area contributed by atoms with Crippen molar-refractivity contribution in [3.8, 4) is 16.9 Å². The molecule has 30 heavy (non-hydrogen) atoms. The largest absolute Gasteiger partial charge is 0.490 e. The minimum absolute atomic E-state index is 0.00786. The fourth-order valence-electron chi connectivity index (χ4n) is 4.01. The van der Waals surface area contributed by atoms with Crippen LogP contribution < -0.4 is 4.74 Å². The molecule has 0 aliphatic carbocycles. The lowest BCUT2D eigenvalue weighted by atomic mass is 9.83. The van der Waals surface area contributed by atoms with Crippen LogP contribution in [0.25, 0.3) is 11.1 Å². The molecule has 150 valence electrons. The molecule has 0 unspecified atom stereocenters. The maximum Gasteiger partial charge on any atom is 0.130 e. The maximum atomic E-state index is 9.30. The van der Waals surface area contributed by atoms with Crippen LogP contribution in [0, 0.1) is 6.92 Å². The highest BCUT2D eigenvalue weighted by molar-refractivity contribution is 5.74. The molecule has 0 heterocycles. The topological polar surface area (TPSA) is 29.5 Å². The molecule has 4 aromatic carbocycles. The van der Waals surface area contributed by atoms with Crippen molar-refractivity contribution in [2.75, 3.05) is 13.2 Å². The van der Waals surface area contributed by atoms with Gasteiger partial charge in [-0.05, 0) is 40.8 Å². The number of hydrogen-bond donors (Lipinski definition) is 1. The van der Waals surface area contributed by atoms with Crippen LogP contribution in [-0.2, 0) is 0 Å². The summed E-state index contributed by atoms with van der Waals surface area (Å²) < 4.78 is 5.97. The van der Waals surface area contributed by atoms with Crippen LogP contribution in [-0.4, -0.2) is 18.3 Å². The van der Waals surface area contributed by atoms with E-state index >= 15 is 0 Å². The van der Waals surface area contributed by atoms with E-state index in [1.807, 2.05) is 18.2 Å². The Morgan fingerprint density at radius 3 is 1.77 bits per heavy atom. The summed E-state index contributed by atoms with van der Waals surface area (Å²) in [5.74, 6) is 0.958. The second-order valence-corrected chi connectivity index (χ2v) is 7.41. The van der Waals surface area contributed by atoms with E-state index in [1.54, 1.807) is 0 Å². The fourth-order valence-corrected chi connectivity index (χ4v) is 4.01. The van der Waals surface area contributed by atoms with Gasteiger partial charge in [-0.3, -0.25) is 0 Å². The summed E-state index contributed by atoms with van der Waals surface area (Å²) in [6, 6.07) is 36.0. The van der Waals surface area contributed by atoms with Gasteiger partial charge in [0.1, 0.15) is 12.4 Å². The molecule has 0 saturated carbocycles. The second kappa shape index (κ2) is 9.43. The highest BCUT2D eigenvalue weighted by Gasteiger charge is 2.20. The van der Waals surface area contributed by atoms with E-state index in [4.69, 9.17) is 4.74 Å². The van der Waals surface area contributed by atoms with Gasteiger partial charge in [-0.1, -0.05) is 97.1 Å². The Labute approximate surface area is 178 Å². The Kier molecular flexibility index (Phi) is 6.26. The summed E-state index contributed by atoms with van der Waals surface area (Å²) in [5, 5.41) is 9.30. The lowest BCUT2D eigenvalue weighted by molar-refractivity contribution is 0.201. The molecule has 0 spiro atoms. The molecule has 1 N–H and O–H groups in total. The quantitative estimate of drug-likeness (QED) is 0.377. The number of hydrogen-bond acceptors (Lipinski definition) is 2. The molecule has 0 fully saturated rings. The lowest BCUT2D eigenvalue weighted by Crippen LogP contribution is -2.07. The van der Waals surface area contributed by atoms with Gasteiger partial charge < -0.3 is 9.84 Å². The van der Waals surface area contributed by atoms with Crippen molar-refractivity contribution in [1.29, 1.82) is 0 Å². The van der Waals surface area contributed by atoms with Crippen LogP contribution in [0.4, 0.5) is 0 Å². The molecular weight excluding hydrogens is 368 g/mol. The van der Waals surface area contributed by atoms with Gasteiger partial charge in [-0.15, -0.1) is 0 Å². The predicted octanol–water partition coefficient (Wildman–Crippen LogP) is 6.21. The zero-order chi connectivity index (χ0) is 20.8. The lowest BCUT2D eigenvalue weighted by Gasteiger charge is -2.22. The Morgan fingerprint density at radius 1 is 0.700 bits per heavy atom. The van der Waals surface area contributed by atoms with Crippen molar-refractivity contribution in [2.24, 2.45) is 0 Å². The molecule has 0 amide bonds. The molecule has 0 aliphatic heterocycles. The molecular formula is C28H26O2. The summed E-state index contributed by atoms with van der Waals surface area (Å²) >= 11 is 0. The molecule has 0 saturated heterocycles. The molecule has 4 rings (SSSR count). The van der Waals surface area contributed by atoms with E-state index in [1.165, 1.54) is 16.7 Å². The number of rotatable bonds is 7. The Morgan fingerprint density at radius 2 is 1.23 bits per heavy atom. The van der Waals surface area contributed by atoms with E-state index < -0.39 is 0 Å². The molecule has 2 heteroatoms. The van der Waals surface area contributed by atoms with Gasteiger partial charge in [0, 0.05) is 11.5 Å². The second-order valence-electron chi connectivity index (χ2n) is 7.41. The first-order valence-electron chi connectivity index (χ1n) is 10.3. The summed E-state index contributed by atoms with van der Waals surface area (Å²) in [6.45, 7) is 2.35. The van der Waals surface area contributed by atoms with Crippen LogP contribution in [0.2, 0.25) is 0 Å². The summed E-state index contributed by atoms with van der Waals surface area (Å²) in [6.07, 6.45) is 0. The first-order chi connectivity index (χ1) is 14.8. The third-order valence-corrected chi connectivity index (χ3v) is 5.32. The highest BCUT2D eigenvalue weighted by Crippen LogP contribution is 2.40. The Hall–Kier alpha value is -3.36. The van der Waals surface area contributed by atoms with E-state index in [0.29, 0.717) is 0 Å². The molecule has 0 radical (unpaired) electrons. The molecule has 0 atom stereocenters. The van der Waals surface area contributed by atoms with Crippen molar-refractivity contribution in [3.63, 3.8) is 0 Å². The van der Waals surface area contributed by atoms with Crippen molar-refractivity contribution in [1.82, 2.24) is 0 Å². The van der Waals surface area contributed by atoms with Crippen LogP contribution in [0.5, 0.6) is 5.75 Å². The monoisotopic (exact) mass is 394 g/mol. The predicted molar refractivity (Wildman–Crippen MR) is 123 cm³/mol. The average Bonchev–Trinajstić information content (AvgIpc) is 2.80. The minimum Gasteiger partial charge on any atom is -0.490 e. The molecule has 2 nitrogen and oxygen atoms in total. The highest BCUT2D eigenvalue weighted by atomic mass is 16.5. The number of benzene rings is 4. The summed E-state index contributed by atoms with van der Waals surface area (Å²) in [4.78, 5) is 0. The number of aryl methyl sites for hydroxylation is 1. The van der Waals surface area contributed by atoms with E-state index in [0.717, 1.165) is 22.4 Å². The SMILES string of the molecule is Cc1cc(C(c2ccccc2)c2ccccc2)cc(-c2ccccc2)c1OCCO. The zero-order valence-electron chi connectivity index (χ0n) is 17.2. The van der Waals surface area contributed by atoms with Gasteiger partial charge >= 0.3 is 0 Å². The third-order valence-electron chi connectivity index (χ3n) is 5.32. The third kappa shape index (κ3) is 4.29. The van der Waals surface area contributed by atoms with Gasteiger partial charge in [0.15, 0.2) is 0 Å². The molecule has 0 aliphatic rings. The smallest absolute Gasteiger partial charge is 0.130 e. The van der Waals surface area contributed by atoms with Crippen molar-refractivity contribution >= 4 is 0 Å². The minimum atomic E-state index is -0.00786. The Balaban J connectivity index is 1.91. The Bertz CT molecular complexity index is 1030. The fraction of sp³-hybridized carbons (Fsp3) is 0.143. The molecule has 4 aromatic rings. The van der Waals surface area contributed by atoms with E-state index in [9.17, 15) is 5.11 Å². The average molecular weight is 395 g/mol. The number of ether oxygens (including phenoxy) is 1. The van der Waals surface area contributed by atoms with Crippen LogP contribution in [0.1, 0.15) is 28.2 Å². The van der Waals surface area contributed by atoms with Crippen LogP contribution in [0.3, 0.4) is 0 Å². The summed E-state index contributed by atoms with van der Waals surface area (Å²) in [5.41, 5.74) is 6.96. The van der Waals surface area contributed by atoms with Crippen molar-refractivity contribution in [3.05, 3.63) is 125 Å². The standard InChI is InChI=1S/C28H26O2/c1-21-19-25(20-26(28(21)30-18-17-29)22-11-5-2-6-12-22)27(23-13-7-3-8-14-23)24-15-9-4-10-16-24/h2-16,19-20,27,29H,17-18H2,1H3. The van der Waals surface area contributed by atoms with Gasteiger partial charge in [0.05, 0.1) is 6.61 Å². The summed E-state index contributed by atoms with van der Waals surface area (Å²) in [7, 11) is 0. The van der Waals surface area contributed by atoms with Gasteiger partial charge in [0.25, 0.3) is 0 Å². The first kappa shape index (κ1) is 19.9. The van der Waals surface area contributed by atoms with Gasteiger partial charge in [-0.25, -0.2) is 0 Å². The molecule has 0 aromatic heterocycles. The first-order valence-corrected chi connectivity index (χ1v) is 10.3. The van der Waals surface area contributed by atoms with Gasteiger partial charge in [0.2, 0.25) is 0 Å².